The Morgan fingerprint density at radius 3 is 1.98 bits per heavy atom. The number of thiophene rings is 1. The van der Waals surface area contributed by atoms with Crippen molar-refractivity contribution in [2.45, 2.75) is 19.3 Å². The number of rotatable bonds is 4. The third-order valence-corrected chi connectivity index (χ3v) is 10.9. The molecule has 9 rings (SSSR count). The van der Waals surface area contributed by atoms with Crippen LogP contribution in [0.4, 0.5) is 17.1 Å². The average molecular weight is 594 g/mol. The molecular formula is C43H31NS. The van der Waals surface area contributed by atoms with E-state index in [1.807, 2.05) is 11.3 Å². The average Bonchev–Trinajstić information content (AvgIpc) is 3.58. The Hall–Kier alpha value is -5.18. The molecule has 45 heavy (non-hydrogen) atoms. The standard InChI is InChI=1S/C43H31NS/c1-43(2)39-14-8-6-12-35(39)38-27-33(22-25-40(38)43)44(31-19-16-29(17-20-31)28-10-4-3-5-11-28)32-21-24-34-30(26-32)18-23-37-36-13-7-9-15-41(36)45-42(34)37/h3-27H,1-2H3. The van der Waals surface area contributed by atoms with Crippen molar-refractivity contribution in [1.82, 2.24) is 0 Å². The molecule has 0 unspecified atom stereocenters. The first-order valence-electron chi connectivity index (χ1n) is 15.6. The second kappa shape index (κ2) is 9.92. The van der Waals surface area contributed by atoms with Gasteiger partial charge in [-0.15, -0.1) is 11.3 Å². The van der Waals surface area contributed by atoms with Gasteiger partial charge in [0, 0.05) is 42.6 Å². The van der Waals surface area contributed by atoms with Gasteiger partial charge in [-0.3, -0.25) is 0 Å². The second-order valence-corrected chi connectivity index (χ2v) is 13.6. The van der Waals surface area contributed by atoms with Gasteiger partial charge < -0.3 is 4.90 Å². The van der Waals surface area contributed by atoms with E-state index in [4.69, 9.17) is 0 Å². The Balaban J connectivity index is 1.23. The SMILES string of the molecule is CC1(C)c2ccccc2-c2cc(N(c3ccc(-c4ccccc4)cc3)c3ccc4c(ccc5c6ccccc6sc45)c3)ccc21. The van der Waals surface area contributed by atoms with Gasteiger partial charge in [0.15, 0.2) is 0 Å². The molecule has 1 nitrogen and oxygen atoms in total. The molecule has 0 saturated carbocycles. The highest BCUT2D eigenvalue weighted by Gasteiger charge is 2.35. The predicted molar refractivity (Wildman–Crippen MR) is 195 cm³/mol. The van der Waals surface area contributed by atoms with Crippen LogP contribution in [0, 0.1) is 0 Å². The topological polar surface area (TPSA) is 3.24 Å². The van der Waals surface area contributed by atoms with Crippen molar-refractivity contribution in [1.29, 1.82) is 0 Å². The number of hydrogen-bond donors (Lipinski definition) is 0. The third-order valence-electron chi connectivity index (χ3n) is 9.66. The Morgan fingerprint density at radius 1 is 0.467 bits per heavy atom. The minimum atomic E-state index is -0.0226. The summed E-state index contributed by atoms with van der Waals surface area (Å²) in [5.74, 6) is 0. The summed E-state index contributed by atoms with van der Waals surface area (Å²) in [7, 11) is 0. The second-order valence-electron chi connectivity index (χ2n) is 12.6. The monoisotopic (exact) mass is 593 g/mol. The minimum absolute atomic E-state index is 0.0226. The summed E-state index contributed by atoms with van der Waals surface area (Å²) in [6.45, 7) is 4.69. The maximum absolute atomic E-state index is 2.41. The van der Waals surface area contributed by atoms with Gasteiger partial charge in [-0.25, -0.2) is 0 Å². The van der Waals surface area contributed by atoms with Gasteiger partial charge in [-0.05, 0) is 86.6 Å². The van der Waals surface area contributed by atoms with E-state index < -0.39 is 0 Å². The molecule has 0 N–H and O–H groups in total. The molecule has 7 aromatic carbocycles. The number of fused-ring (bicyclic) bond motifs is 8. The Morgan fingerprint density at radius 2 is 1.11 bits per heavy atom. The highest BCUT2D eigenvalue weighted by Crippen LogP contribution is 2.51. The van der Waals surface area contributed by atoms with Crippen LogP contribution in [-0.2, 0) is 5.41 Å². The first-order chi connectivity index (χ1) is 22.1. The van der Waals surface area contributed by atoms with E-state index in [2.05, 4.69) is 170 Å². The lowest BCUT2D eigenvalue weighted by Gasteiger charge is -2.27. The van der Waals surface area contributed by atoms with Gasteiger partial charge in [0.1, 0.15) is 0 Å². The molecule has 0 spiro atoms. The molecule has 0 aliphatic heterocycles. The van der Waals surface area contributed by atoms with E-state index in [0.717, 1.165) is 17.1 Å². The van der Waals surface area contributed by atoms with E-state index in [1.165, 1.54) is 64.3 Å². The Labute approximate surface area is 267 Å². The normalized spacial score (nSPS) is 13.3. The fourth-order valence-corrected chi connectivity index (χ4v) is 8.60. The maximum atomic E-state index is 2.41. The van der Waals surface area contributed by atoms with Crippen LogP contribution in [-0.4, -0.2) is 0 Å². The van der Waals surface area contributed by atoms with Crippen LogP contribution in [0.3, 0.4) is 0 Å². The number of anilines is 3. The van der Waals surface area contributed by atoms with E-state index in [0.29, 0.717) is 0 Å². The van der Waals surface area contributed by atoms with E-state index in [1.54, 1.807) is 0 Å². The lowest BCUT2D eigenvalue weighted by atomic mass is 9.82. The van der Waals surface area contributed by atoms with Crippen LogP contribution in [0.25, 0.3) is 53.2 Å². The van der Waals surface area contributed by atoms with Crippen LogP contribution in [0.5, 0.6) is 0 Å². The highest BCUT2D eigenvalue weighted by atomic mass is 32.1. The largest absolute Gasteiger partial charge is 0.310 e. The fraction of sp³-hybridized carbons (Fsp3) is 0.0698. The smallest absolute Gasteiger partial charge is 0.0468 e. The summed E-state index contributed by atoms with van der Waals surface area (Å²) in [4.78, 5) is 2.41. The Kier molecular flexibility index (Phi) is 5.78. The minimum Gasteiger partial charge on any atom is -0.310 e. The molecule has 0 bridgehead atoms. The number of nitrogens with zero attached hydrogens (tertiary/aromatic N) is 1. The Bertz CT molecular complexity index is 2400. The fourth-order valence-electron chi connectivity index (χ4n) is 7.37. The summed E-state index contributed by atoms with van der Waals surface area (Å²) < 4.78 is 2.70. The van der Waals surface area contributed by atoms with Crippen LogP contribution >= 0.6 is 11.3 Å². The van der Waals surface area contributed by atoms with Crippen molar-refractivity contribution in [2.75, 3.05) is 4.90 Å². The van der Waals surface area contributed by atoms with Gasteiger partial charge in [0.25, 0.3) is 0 Å². The first kappa shape index (κ1) is 26.2. The molecule has 0 saturated heterocycles. The first-order valence-corrected chi connectivity index (χ1v) is 16.4. The summed E-state index contributed by atoms with van der Waals surface area (Å²) in [6, 6.07) is 55.8. The van der Waals surface area contributed by atoms with Crippen LogP contribution in [0.1, 0.15) is 25.0 Å². The van der Waals surface area contributed by atoms with Crippen molar-refractivity contribution in [2.24, 2.45) is 0 Å². The zero-order valence-electron chi connectivity index (χ0n) is 25.3. The van der Waals surface area contributed by atoms with E-state index >= 15 is 0 Å². The van der Waals surface area contributed by atoms with Gasteiger partial charge in [-0.2, -0.15) is 0 Å². The quantitative estimate of drug-likeness (QED) is 0.196. The van der Waals surface area contributed by atoms with Crippen molar-refractivity contribution in [3.05, 3.63) is 163 Å². The zero-order valence-corrected chi connectivity index (χ0v) is 26.1. The van der Waals surface area contributed by atoms with Gasteiger partial charge in [-0.1, -0.05) is 123 Å². The van der Waals surface area contributed by atoms with Crippen LogP contribution < -0.4 is 4.90 Å². The number of hydrogen-bond acceptors (Lipinski definition) is 2. The molecule has 1 aromatic heterocycles. The molecule has 1 aliphatic rings. The van der Waals surface area contributed by atoms with Gasteiger partial charge in [0.05, 0.1) is 0 Å². The molecule has 214 valence electrons. The molecule has 1 heterocycles. The molecule has 2 heteroatoms. The predicted octanol–water partition coefficient (Wildman–Crippen LogP) is 12.7. The molecule has 0 atom stereocenters. The van der Waals surface area contributed by atoms with E-state index in [9.17, 15) is 0 Å². The molecule has 0 radical (unpaired) electrons. The van der Waals surface area contributed by atoms with Gasteiger partial charge >= 0.3 is 0 Å². The maximum Gasteiger partial charge on any atom is 0.0468 e. The molecule has 1 aliphatic carbocycles. The van der Waals surface area contributed by atoms with Gasteiger partial charge in [0.2, 0.25) is 0 Å². The zero-order chi connectivity index (χ0) is 30.1. The van der Waals surface area contributed by atoms with Crippen molar-refractivity contribution in [3.8, 4) is 22.3 Å². The third kappa shape index (κ3) is 4.06. The summed E-state index contributed by atoms with van der Waals surface area (Å²) in [5, 5.41) is 5.24. The molecule has 0 fully saturated rings. The summed E-state index contributed by atoms with van der Waals surface area (Å²) in [6.07, 6.45) is 0. The lowest BCUT2D eigenvalue weighted by molar-refractivity contribution is 0.660. The number of benzene rings is 7. The van der Waals surface area contributed by atoms with Crippen molar-refractivity contribution in [3.63, 3.8) is 0 Å². The summed E-state index contributed by atoms with van der Waals surface area (Å²) >= 11 is 1.89. The van der Waals surface area contributed by atoms with Crippen molar-refractivity contribution >= 4 is 59.3 Å². The van der Waals surface area contributed by atoms with E-state index in [-0.39, 0.29) is 5.41 Å². The molecule has 8 aromatic rings. The molecular weight excluding hydrogens is 563 g/mol. The van der Waals surface area contributed by atoms with Crippen LogP contribution in [0.15, 0.2) is 152 Å². The van der Waals surface area contributed by atoms with Crippen LogP contribution in [0.2, 0.25) is 0 Å². The van der Waals surface area contributed by atoms with Crippen molar-refractivity contribution < 1.29 is 0 Å². The molecule has 0 amide bonds. The highest BCUT2D eigenvalue weighted by molar-refractivity contribution is 7.26. The summed E-state index contributed by atoms with van der Waals surface area (Å²) in [5.41, 5.74) is 11.3. The lowest BCUT2D eigenvalue weighted by Crippen LogP contribution is -2.15.